The van der Waals surface area contributed by atoms with E-state index in [0.717, 1.165) is 34.5 Å². The molecule has 0 fully saturated rings. The molecular weight excluding hydrogens is 389 g/mol. The van der Waals surface area contributed by atoms with Gasteiger partial charge in [-0.15, -0.1) is 11.3 Å². The minimum atomic E-state index is -0.846. The highest BCUT2D eigenvalue weighted by molar-refractivity contribution is 7.19. The molecule has 3 rings (SSSR count). The largest absolute Gasteiger partial charge is 0.452 e. The highest BCUT2D eigenvalue weighted by Crippen LogP contribution is 2.22. The van der Waals surface area contributed by atoms with Gasteiger partial charge < -0.3 is 10.1 Å². The number of rotatable bonds is 6. The lowest BCUT2D eigenvalue weighted by Gasteiger charge is -2.06. The third kappa shape index (κ3) is 4.74. The Balaban J connectivity index is 1.55. The van der Waals surface area contributed by atoms with E-state index in [4.69, 9.17) is 4.74 Å². The van der Waals surface area contributed by atoms with Crippen LogP contribution in [0.15, 0.2) is 48.5 Å². The van der Waals surface area contributed by atoms with Gasteiger partial charge in [0.2, 0.25) is 0 Å². The summed E-state index contributed by atoms with van der Waals surface area (Å²) in [6.45, 7) is -0.675. The Kier molecular flexibility index (Phi) is 5.70. The topological polar surface area (TPSA) is 111 Å². The molecule has 1 amide bonds. The number of anilines is 1. The maximum absolute atomic E-state index is 13.6. The molecule has 0 spiro atoms. The van der Waals surface area contributed by atoms with E-state index in [9.17, 15) is 24.1 Å². The van der Waals surface area contributed by atoms with Gasteiger partial charge in [-0.3, -0.25) is 14.9 Å². The Bertz CT molecular complexity index is 1060. The average Bonchev–Trinajstić information content (AvgIpc) is 3.09. The molecule has 0 bridgehead atoms. The van der Waals surface area contributed by atoms with Gasteiger partial charge in [-0.25, -0.2) is 14.2 Å². The molecule has 28 heavy (non-hydrogen) atoms. The molecule has 0 saturated carbocycles. The van der Waals surface area contributed by atoms with Gasteiger partial charge in [0.1, 0.15) is 10.8 Å². The molecule has 2 aromatic carbocycles. The monoisotopic (exact) mass is 401 g/mol. The lowest BCUT2D eigenvalue weighted by molar-refractivity contribution is -0.384. The van der Waals surface area contributed by atoms with Crippen molar-refractivity contribution >= 4 is 50.9 Å². The van der Waals surface area contributed by atoms with Crippen molar-refractivity contribution in [3.63, 3.8) is 0 Å². The molecule has 0 aliphatic carbocycles. The number of aromatic nitrogens is 1. The van der Waals surface area contributed by atoms with E-state index in [1.54, 1.807) is 0 Å². The van der Waals surface area contributed by atoms with E-state index in [0.29, 0.717) is 5.01 Å². The normalized spacial score (nSPS) is 10.9. The molecule has 0 radical (unpaired) electrons. The van der Waals surface area contributed by atoms with Gasteiger partial charge in [0, 0.05) is 18.2 Å². The first-order valence-corrected chi connectivity index (χ1v) is 8.68. The summed E-state index contributed by atoms with van der Waals surface area (Å²) in [6, 6.07) is 10.2. The smallest absolute Gasteiger partial charge is 0.331 e. The number of nitrogens with zero attached hydrogens (tertiary/aromatic N) is 2. The fraction of sp³-hybridized carbons (Fsp3) is 0.0556. The number of hydrogen-bond donors (Lipinski definition) is 1. The molecular formula is C18H12FN3O5S. The van der Waals surface area contributed by atoms with Crippen molar-refractivity contribution in [1.29, 1.82) is 0 Å². The number of fused-ring (bicyclic) bond motifs is 1. The summed E-state index contributed by atoms with van der Waals surface area (Å²) < 4.78 is 19.4. The fourth-order valence-electron chi connectivity index (χ4n) is 2.19. The van der Waals surface area contributed by atoms with Crippen LogP contribution in [0.3, 0.4) is 0 Å². The van der Waals surface area contributed by atoms with Gasteiger partial charge in [0.15, 0.2) is 6.61 Å². The number of carbonyl (C=O) groups excluding carboxylic acids is 2. The summed E-state index contributed by atoms with van der Waals surface area (Å²) in [7, 11) is 0. The third-order valence-electron chi connectivity index (χ3n) is 3.45. The van der Waals surface area contributed by atoms with Crippen molar-refractivity contribution in [2.75, 3.05) is 11.9 Å². The second-order valence-corrected chi connectivity index (χ2v) is 6.49. The van der Waals surface area contributed by atoms with E-state index in [1.807, 2.05) is 24.3 Å². The third-order valence-corrected chi connectivity index (χ3v) is 4.45. The maximum Gasteiger partial charge on any atom is 0.331 e. The van der Waals surface area contributed by atoms with Crippen LogP contribution in [-0.4, -0.2) is 28.4 Å². The van der Waals surface area contributed by atoms with Gasteiger partial charge in [-0.1, -0.05) is 12.1 Å². The Morgan fingerprint density at radius 2 is 2.07 bits per heavy atom. The Labute approximate surface area is 161 Å². The number of halogens is 1. The average molecular weight is 401 g/mol. The number of esters is 1. The van der Waals surface area contributed by atoms with Crippen LogP contribution in [0.5, 0.6) is 0 Å². The number of thiazole rings is 1. The molecule has 0 aliphatic rings. The zero-order chi connectivity index (χ0) is 20.1. The van der Waals surface area contributed by atoms with Gasteiger partial charge >= 0.3 is 5.97 Å². The van der Waals surface area contributed by atoms with Crippen LogP contribution in [0.1, 0.15) is 5.01 Å². The van der Waals surface area contributed by atoms with Crippen LogP contribution in [-0.2, 0) is 14.3 Å². The molecule has 0 atom stereocenters. The number of ether oxygens (including phenoxy) is 1. The minimum absolute atomic E-state index is 0.375. The SMILES string of the molecule is O=C(COC(=O)C=Cc1nc2ccccc2s1)Nc1cc([N+](=O)[O-])ccc1F. The van der Waals surface area contributed by atoms with Crippen LogP contribution in [0.25, 0.3) is 16.3 Å². The first-order valence-electron chi connectivity index (χ1n) is 7.86. The Morgan fingerprint density at radius 1 is 1.29 bits per heavy atom. The number of nitro groups is 1. The zero-order valence-corrected chi connectivity index (χ0v) is 14.9. The highest BCUT2D eigenvalue weighted by atomic mass is 32.1. The zero-order valence-electron chi connectivity index (χ0n) is 14.1. The van der Waals surface area contributed by atoms with E-state index in [2.05, 4.69) is 10.3 Å². The Morgan fingerprint density at radius 3 is 2.82 bits per heavy atom. The van der Waals surface area contributed by atoms with Crippen molar-refractivity contribution in [2.24, 2.45) is 0 Å². The molecule has 0 saturated heterocycles. The molecule has 10 heteroatoms. The molecule has 142 valence electrons. The van der Waals surface area contributed by atoms with E-state index in [-0.39, 0.29) is 11.4 Å². The summed E-state index contributed by atoms with van der Waals surface area (Å²) in [6.07, 6.45) is 2.59. The lowest BCUT2D eigenvalue weighted by atomic mass is 10.2. The number of nitro benzene ring substituents is 1. The standard InChI is InChI=1S/C18H12FN3O5S/c19-12-6-5-11(22(25)26)9-14(12)20-16(23)10-27-18(24)8-7-17-21-13-3-1-2-4-15(13)28-17/h1-9H,10H2,(H,20,23). The van der Waals surface area contributed by atoms with E-state index >= 15 is 0 Å². The molecule has 1 heterocycles. The van der Waals surface area contributed by atoms with Crippen LogP contribution >= 0.6 is 11.3 Å². The second kappa shape index (κ2) is 8.35. The van der Waals surface area contributed by atoms with Crippen LogP contribution < -0.4 is 5.32 Å². The van der Waals surface area contributed by atoms with Crippen LogP contribution in [0.2, 0.25) is 0 Å². The highest BCUT2D eigenvalue weighted by Gasteiger charge is 2.14. The number of amides is 1. The van der Waals surface area contributed by atoms with Gasteiger partial charge in [0.25, 0.3) is 11.6 Å². The Hall–Kier alpha value is -3.66. The van der Waals surface area contributed by atoms with Gasteiger partial charge in [-0.2, -0.15) is 0 Å². The van der Waals surface area contributed by atoms with E-state index < -0.39 is 29.2 Å². The van der Waals surface area contributed by atoms with Gasteiger partial charge in [0.05, 0.1) is 20.8 Å². The number of hydrogen-bond acceptors (Lipinski definition) is 7. The maximum atomic E-state index is 13.6. The van der Waals surface area contributed by atoms with Crippen LogP contribution in [0, 0.1) is 15.9 Å². The van der Waals surface area contributed by atoms with Crippen molar-refractivity contribution < 1.29 is 23.6 Å². The summed E-state index contributed by atoms with van der Waals surface area (Å²) in [4.78, 5) is 37.8. The molecule has 0 aliphatic heterocycles. The molecule has 1 aromatic heterocycles. The van der Waals surface area contributed by atoms with E-state index in [1.165, 1.54) is 17.4 Å². The van der Waals surface area contributed by atoms with Crippen molar-refractivity contribution in [1.82, 2.24) is 4.98 Å². The molecule has 8 nitrogen and oxygen atoms in total. The lowest BCUT2D eigenvalue weighted by Crippen LogP contribution is -2.20. The number of non-ortho nitro benzene ring substituents is 1. The molecule has 1 N–H and O–H groups in total. The van der Waals surface area contributed by atoms with Crippen molar-refractivity contribution in [3.05, 3.63) is 69.5 Å². The summed E-state index contributed by atoms with van der Waals surface area (Å²) in [5.74, 6) is -2.46. The minimum Gasteiger partial charge on any atom is -0.452 e. The number of benzene rings is 2. The second-order valence-electron chi connectivity index (χ2n) is 5.43. The first-order chi connectivity index (χ1) is 13.4. The number of nitrogens with one attached hydrogen (secondary N) is 1. The molecule has 0 unspecified atom stereocenters. The predicted molar refractivity (Wildman–Crippen MR) is 101 cm³/mol. The predicted octanol–water partition coefficient (Wildman–Crippen LogP) is 3.54. The summed E-state index contributed by atoms with van der Waals surface area (Å²) in [5.41, 5.74) is 0.0478. The van der Waals surface area contributed by atoms with Crippen molar-refractivity contribution in [3.8, 4) is 0 Å². The van der Waals surface area contributed by atoms with Crippen molar-refractivity contribution in [2.45, 2.75) is 0 Å². The number of carbonyl (C=O) groups is 2. The molecule has 3 aromatic rings. The fourth-order valence-corrected chi connectivity index (χ4v) is 3.06. The van der Waals surface area contributed by atoms with Crippen LogP contribution in [0.4, 0.5) is 15.8 Å². The number of para-hydroxylation sites is 1. The van der Waals surface area contributed by atoms with Gasteiger partial charge in [-0.05, 0) is 24.3 Å². The summed E-state index contributed by atoms with van der Waals surface area (Å²) in [5, 5.41) is 13.4. The first kappa shape index (κ1) is 19.1. The summed E-state index contributed by atoms with van der Waals surface area (Å²) >= 11 is 1.39. The quantitative estimate of drug-likeness (QED) is 0.293.